The molecule has 0 atom stereocenters. The number of aliphatic carboxylic acids is 1. The Morgan fingerprint density at radius 1 is 1.37 bits per heavy atom. The molecule has 0 aliphatic carbocycles. The minimum Gasteiger partial charge on any atom is -0.481 e. The second kappa shape index (κ2) is 7.14. The molecule has 1 N–H and O–H groups in total. The summed E-state index contributed by atoms with van der Waals surface area (Å²) in [5.41, 5.74) is 0.832. The predicted molar refractivity (Wildman–Crippen MR) is 74.3 cm³/mol. The summed E-state index contributed by atoms with van der Waals surface area (Å²) < 4.78 is 0. The second-order valence-corrected chi connectivity index (χ2v) is 5.07. The summed E-state index contributed by atoms with van der Waals surface area (Å²) in [6, 6.07) is 7.10. The molecule has 0 heterocycles. The van der Waals surface area contributed by atoms with E-state index in [4.69, 9.17) is 16.7 Å². The van der Waals surface area contributed by atoms with Crippen LogP contribution >= 0.6 is 11.6 Å². The molecule has 0 spiro atoms. The maximum atomic E-state index is 12.2. The number of rotatable bonds is 6. The molecule has 4 nitrogen and oxygen atoms in total. The highest BCUT2D eigenvalue weighted by molar-refractivity contribution is 6.30. The van der Waals surface area contributed by atoms with Gasteiger partial charge in [0.2, 0.25) is 5.91 Å². The second-order valence-electron chi connectivity index (χ2n) is 4.63. The summed E-state index contributed by atoms with van der Waals surface area (Å²) in [7, 11) is 0. The number of nitrogens with zero attached hydrogens (tertiary/aromatic N) is 1. The largest absolute Gasteiger partial charge is 0.481 e. The zero-order chi connectivity index (χ0) is 14.4. The van der Waals surface area contributed by atoms with Crippen molar-refractivity contribution in [3.8, 4) is 0 Å². The first-order valence-electron chi connectivity index (χ1n) is 6.16. The van der Waals surface area contributed by atoms with Crippen molar-refractivity contribution in [2.45, 2.75) is 32.7 Å². The van der Waals surface area contributed by atoms with E-state index in [1.54, 1.807) is 23.1 Å². The number of carbonyl (C=O) groups excluding carboxylic acids is 1. The van der Waals surface area contributed by atoms with Gasteiger partial charge in [-0.1, -0.05) is 23.7 Å². The molecule has 0 unspecified atom stereocenters. The quantitative estimate of drug-likeness (QED) is 0.873. The fourth-order valence-corrected chi connectivity index (χ4v) is 2.02. The fraction of sp³-hybridized carbons (Fsp3) is 0.429. The minimum absolute atomic E-state index is 0.0222. The molecule has 0 bridgehead atoms. The summed E-state index contributed by atoms with van der Waals surface area (Å²) in [5, 5.41) is 9.29. The van der Waals surface area contributed by atoms with Crippen LogP contribution in [0.5, 0.6) is 0 Å². The third-order valence-corrected chi connectivity index (χ3v) is 2.99. The highest BCUT2D eigenvalue weighted by atomic mass is 35.5. The van der Waals surface area contributed by atoms with Gasteiger partial charge in [0.1, 0.15) is 0 Å². The van der Waals surface area contributed by atoms with E-state index >= 15 is 0 Å². The van der Waals surface area contributed by atoms with Crippen LogP contribution in [0.3, 0.4) is 0 Å². The maximum absolute atomic E-state index is 12.2. The monoisotopic (exact) mass is 283 g/mol. The third kappa shape index (κ3) is 5.30. The first kappa shape index (κ1) is 15.5. The molecule has 1 rings (SSSR count). The van der Waals surface area contributed by atoms with Crippen LogP contribution in [-0.2, 0) is 16.0 Å². The Morgan fingerprint density at radius 3 is 2.58 bits per heavy atom. The van der Waals surface area contributed by atoms with Crippen molar-refractivity contribution in [2.75, 3.05) is 6.54 Å². The topological polar surface area (TPSA) is 57.6 Å². The van der Waals surface area contributed by atoms with Crippen LogP contribution in [0, 0.1) is 0 Å². The van der Waals surface area contributed by atoms with Gasteiger partial charge in [-0.3, -0.25) is 9.59 Å². The molecule has 0 saturated carbocycles. The van der Waals surface area contributed by atoms with E-state index < -0.39 is 5.97 Å². The van der Waals surface area contributed by atoms with Gasteiger partial charge in [0, 0.05) is 17.6 Å². The van der Waals surface area contributed by atoms with Gasteiger partial charge in [0.25, 0.3) is 0 Å². The Morgan fingerprint density at radius 2 is 2.05 bits per heavy atom. The zero-order valence-electron chi connectivity index (χ0n) is 11.1. The smallest absolute Gasteiger partial charge is 0.305 e. The summed E-state index contributed by atoms with van der Waals surface area (Å²) in [4.78, 5) is 24.3. The summed E-state index contributed by atoms with van der Waals surface area (Å²) in [6.45, 7) is 3.97. The van der Waals surface area contributed by atoms with Crippen LogP contribution in [0.1, 0.15) is 25.8 Å². The predicted octanol–water partition coefficient (Wildman–Crippen LogP) is 2.59. The lowest BCUT2D eigenvalue weighted by atomic mass is 10.1. The summed E-state index contributed by atoms with van der Waals surface area (Å²) >= 11 is 5.87. The molecule has 0 fully saturated rings. The molecule has 0 radical (unpaired) electrons. The van der Waals surface area contributed by atoms with Gasteiger partial charge in [-0.25, -0.2) is 0 Å². The number of carbonyl (C=O) groups is 2. The van der Waals surface area contributed by atoms with Crippen LogP contribution < -0.4 is 0 Å². The number of halogens is 1. The molecule has 0 saturated heterocycles. The van der Waals surface area contributed by atoms with Gasteiger partial charge < -0.3 is 10.0 Å². The number of amides is 1. The van der Waals surface area contributed by atoms with Gasteiger partial charge in [-0.15, -0.1) is 0 Å². The van der Waals surface area contributed by atoms with Crippen molar-refractivity contribution in [3.63, 3.8) is 0 Å². The molecular formula is C14H18ClNO3. The lowest BCUT2D eigenvalue weighted by Gasteiger charge is -2.26. The third-order valence-electron chi connectivity index (χ3n) is 2.75. The van der Waals surface area contributed by atoms with E-state index in [0.717, 1.165) is 5.56 Å². The molecule has 1 aromatic carbocycles. The number of hydrogen-bond donors (Lipinski definition) is 1. The molecule has 1 amide bonds. The molecule has 19 heavy (non-hydrogen) atoms. The highest BCUT2D eigenvalue weighted by Gasteiger charge is 2.18. The fourth-order valence-electron chi connectivity index (χ4n) is 1.81. The van der Waals surface area contributed by atoms with Gasteiger partial charge in [-0.2, -0.15) is 0 Å². The average Bonchev–Trinajstić information content (AvgIpc) is 2.28. The van der Waals surface area contributed by atoms with E-state index in [1.807, 2.05) is 19.9 Å². The van der Waals surface area contributed by atoms with E-state index in [2.05, 4.69) is 0 Å². The van der Waals surface area contributed by atoms with Crippen LogP contribution in [0.2, 0.25) is 5.02 Å². The maximum Gasteiger partial charge on any atom is 0.305 e. The van der Waals surface area contributed by atoms with Crippen LogP contribution in [0.15, 0.2) is 24.3 Å². The average molecular weight is 284 g/mol. The number of benzene rings is 1. The number of hydrogen-bond acceptors (Lipinski definition) is 2. The summed E-state index contributed by atoms with van der Waals surface area (Å²) in [6.07, 6.45) is 0.192. The highest BCUT2D eigenvalue weighted by Crippen LogP contribution is 2.13. The van der Waals surface area contributed by atoms with Crippen LogP contribution in [0.25, 0.3) is 0 Å². The van der Waals surface area contributed by atoms with Gasteiger partial charge in [0.05, 0.1) is 12.8 Å². The SMILES string of the molecule is CC(C)N(CCC(=O)O)C(=O)Cc1cccc(Cl)c1. The number of carboxylic acid groups (broad SMARTS) is 1. The lowest BCUT2D eigenvalue weighted by Crippen LogP contribution is -2.39. The van der Waals surface area contributed by atoms with Crippen molar-refractivity contribution in [1.82, 2.24) is 4.90 Å². The van der Waals surface area contributed by atoms with Crippen molar-refractivity contribution < 1.29 is 14.7 Å². The van der Waals surface area contributed by atoms with Crippen molar-refractivity contribution in [2.24, 2.45) is 0 Å². The van der Waals surface area contributed by atoms with E-state index in [0.29, 0.717) is 5.02 Å². The first-order valence-corrected chi connectivity index (χ1v) is 6.53. The molecule has 0 aliphatic rings. The Balaban J connectivity index is 2.69. The normalized spacial score (nSPS) is 10.5. The molecule has 1 aromatic rings. The van der Waals surface area contributed by atoms with E-state index in [-0.39, 0.29) is 31.3 Å². The Bertz CT molecular complexity index is 460. The zero-order valence-corrected chi connectivity index (χ0v) is 11.9. The Hall–Kier alpha value is -1.55. The molecule has 104 valence electrons. The lowest BCUT2D eigenvalue weighted by molar-refractivity contribution is -0.139. The Labute approximate surface area is 118 Å². The van der Waals surface area contributed by atoms with Gasteiger partial charge in [0.15, 0.2) is 0 Å². The molecule has 0 aromatic heterocycles. The van der Waals surface area contributed by atoms with Gasteiger partial charge >= 0.3 is 5.97 Å². The van der Waals surface area contributed by atoms with Crippen molar-refractivity contribution in [1.29, 1.82) is 0 Å². The first-order chi connectivity index (χ1) is 8.90. The molecule has 0 aliphatic heterocycles. The minimum atomic E-state index is -0.902. The molecule has 5 heteroatoms. The van der Waals surface area contributed by atoms with Crippen molar-refractivity contribution >= 4 is 23.5 Å². The Kier molecular flexibility index (Phi) is 5.83. The summed E-state index contributed by atoms with van der Waals surface area (Å²) in [5.74, 6) is -0.986. The van der Waals surface area contributed by atoms with Crippen LogP contribution in [0.4, 0.5) is 0 Å². The molecular weight excluding hydrogens is 266 g/mol. The van der Waals surface area contributed by atoms with Gasteiger partial charge in [-0.05, 0) is 31.5 Å². The standard InChI is InChI=1S/C14H18ClNO3/c1-10(2)16(7-6-14(18)19)13(17)9-11-4-3-5-12(15)8-11/h3-5,8,10H,6-7,9H2,1-2H3,(H,18,19). The number of carboxylic acids is 1. The van der Waals surface area contributed by atoms with Crippen molar-refractivity contribution in [3.05, 3.63) is 34.9 Å². The van der Waals surface area contributed by atoms with E-state index in [1.165, 1.54) is 0 Å². The van der Waals surface area contributed by atoms with Crippen LogP contribution in [-0.4, -0.2) is 34.5 Å². The van der Waals surface area contributed by atoms with E-state index in [9.17, 15) is 9.59 Å².